The average molecular weight is 319 g/mol. The van der Waals surface area contributed by atoms with Crippen LogP contribution < -0.4 is 4.90 Å². The van der Waals surface area contributed by atoms with Gasteiger partial charge in [0.1, 0.15) is 10.6 Å². The molecular weight excluding hydrogens is 302 g/mol. The van der Waals surface area contributed by atoms with Gasteiger partial charge in [0.05, 0.1) is 5.69 Å². The molecule has 0 unspecified atom stereocenters. The van der Waals surface area contributed by atoms with Crippen molar-refractivity contribution < 1.29 is 18.1 Å². The Hall–Kier alpha value is -2.05. The van der Waals surface area contributed by atoms with Crippen LogP contribution in [0.5, 0.6) is 5.75 Å². The van der Waals surface area contributed by atoms with Gasteiger partial charge in [-0.05, 0) is 48.2 Å². The van der Waals surface area contributed by atoms with E-state index in [9.17, 15) is 18.1 Å². The standard InChI is InChI=1S/C16H17NO4S/c18-14-6-3-12(4-7-14)13-5-8-15(17-9-1-2-10-17)16(11-13)22(19,20)21/h3-8,11,18H,1-2,9-10H2,(H,19,20,21). The summed E-state index contributed by atoms with van der Waals surface area (Å²) in [6.07, 6.45) is 2.04. The lowest BCUT2D eigenvalue weighted by atomic mass is 10.1. The molecule has 2 aromatic rings. The number of nitrogens with zero attached hydrogens (tertiary/aromatic N) is 1. The van der Waals surface area contributed by atoms with E-state index >= 15 is 0 Å². The predicted molar refractivity (Wildman–Crippen MR) is 84.8 cm³/mol. The monoisotopic (exact) mass is 319 g/mol. The van der Waals surface area contributed by atoms with Gasteiger partial charge in [-0.3, -0.25) is 4.55 Å². The van der Waals surface area contributed by atoms with Gasteiger partial charge < -0.3 is 10.0 Å². The first-order valence-corrected chi connectivity index (χ1v) is 8.55. The van der Waals surface area contributed by atoms with Crippen molar-refractivity contribution >= 4 is 15.8 Å². The van der Waals surface area contributed by atoms with Crippen LogP contribution in [0.15, 0.2) is 47.4 Å². The van der Waals surface area contributed by atoms with Crippen molar-refractivity contribution in [3.63, 3.8) is 0 Å². The Balaban J connectivity index is 2.09. The highest BCUT2D eigenvalue weighted by atomic mass is 32.2. The number of rotatable bonds is 3. The number of aromatic hydroxyl groups is 1. The van der Waals surface area contributed by atoms with E-state index in [4.69, 9.17) is 0 Å². The molecule has 0 radical (unpaired) electrons. The first kappa shape index (κ1) is 14.9. The average Bonchev–Trinajstić information content (AvgIpc) is 3.01. The van der Waals surface area contributed by atoms with Crippen LogP contribution in [0.4, 0.5) is 5.69 Å². The van der Waals surface area contributed by atoms with E-state index in [1.165, 1.54) is 18.2 Å². The number of phenols is 1. The topological polar surface area (TPSA) is 77.8 Å². The molecule has 3 rings (SSSR count). The number of hydrogen-bond donors (Lipinski definition) is 2. The van der Waals surface area contributed by atoms with Gasteiger partial charge in [0.25, 0.3) is 10.1 Å². The van der Waals surface area contributed by atoms with Crippen molar-refractivity contribution in [1.29, 1.82) is 0 Å². The molecule has 116 valence electrons. The van der Waals surface area contributed by atoms with Crippen LogP contribution in [-0.2, 0) is 10.1 Å². The lowest BCUT2D eigenvalue weighted by molar-refractivity contribution is 0.475. The predicted octanol–water partition coefficient (Wildman–Crippen LogP) is 2.91. The summed E-state index contributed by atoms with van der Waals surface area (Å²) >= 11 is 0. The number of anilines is 1. The van der Waals surface area contributed by atoms with Gasteiger partial charge >= 0.3 is 0 Å². The summed E-state index contributed by atoms with van der Waals surface area (Å²) in [6, 6.07) is 11.5. The van der Waals surface area contributed by atoms with E-state index in [0.717, 1.165) is 31.5 Å². The van der Waals surface area contributed by atoms with Crippen LogP contribution >= 0.6 is 0 Å². The van der Waals surface area contributed by atoms with Crippen molar-refractivity contribution in [2.75, 3.05) is 18.0 Å². The number of hydrogen-bond acceptors (Lipinski definition) is 4. The molecule has 6 heteroatoms. The second-order valence-corrected chi connectivity index (χ2v) is 6.79. The molecule has 0 amide bonds. The molecule has 2 N–H and O–H groups in total. The Bertz CT molecular complexity index is 778. The Morgan fingerprint density at radius 3 is 2.09 bits per heavy atom. The molecule has 2 aromatic carbocycles. The summed E-state index contributed by atoms with van der Waals surface area (Å²) < 4.78 is 33.0. The molecule has 0 atom stereocenters. The van der Waals surface area contributed by atoms with E-state index in [1.807, 2.05) is 11.0 Å². The molecule has 1 aliphatic heterocycles. The van der Waals surface area contributed by atoms with Gasteiger partial charge in [0.15, 0.2) is 0 Å². The van der Waals surface area contributed by atoms with E-state index in [2.05, 4.69) is 0 Å². The molecule has 22 heavy (non-hydrogen) atoms. The molecule has 1 heterocycles. The van der Waals surface area contributed by atoms with E-state index in [0.29, 0.717) is 11.3 Å². The van der Waals surface area contributed by atoms with Gasteiger partial charge in [-0.1, -0.05) is 18.2 Å². The summed E-state index contributed by atoms with van der Waals surface area (Å²) in [5, 5.41) is 9.33. The lowest BCUT2D eigenvalue weighted by Crippen LogP contribution is -2.20. The fraction of sp³-hybridized carbons (Fsp3) is 0.250. The molecule has 1 fully saturated rings. The maximum absolute atomic E-state index is 11.7. The van der Waals surface area contributed by atoms with Gasteiger partial charge in [0, 0.05) is 13.1 Å². The smallest absolute Gasteiger partial charge is 0.296 e. The third kappa shape index (κ3) is 2.93. The zero-order valence-corrected chi connectivity index (χ0v) is 12.8. The largest absolute Gasteiger partial charge is 0.508 e. The lowest BCUT2D eigenvalue weighted by Gasteiger charge is -2.20. The van der Waals surface area contributed by atoms with E-state index in [-0.39, 0.29) is 10.6 Å². The Morgan fingerprint density at radius 2 is 1.50 bits per heavy atom. The molecule has 0 bridgehead atoms. The summed E-state index contributed by atoms with van der Waals surface area (Å²) in [6.45, 7) is 1.59. The van der Waals surface area contributed by atoms with Crippen LogP contribution in [0, 0.1) is 0 Å². The Labute approximate surface area is 129 Å². The fourth-order valence-corrected chi connectivity index (χ4v) is 3.51. The minimum absolute atomic E-state index is 0.0695. The summed E-state index contributed by atoms with van der Waals surface area (Å²) in [5.41, 5.74) is 1.99. The number of phenolic OH excluding ortho intramolecular Hbond substituents is 1. The highest BCUT2D eigenvalue weighted by Gasteiger charge is 2.22. The minimum Gasteiger partial charge on any atom is -0.508 e. The summed E-state index contributed by atoms with van der Waals surface area (Å²) in [4.78, 5) is 1.91. The zero-order valence-electron chi connectivity index (χ0n) is 11.9. The van der Waals surface area contributed by atoms with Gasteiger partial charge in [-0.2, -0.15) is 8.42 Å². The maximum atomic E-state index is 11.7. The SMILES string of the molecule is O=S(=O)(O)c1cc(-c2ccc(O)cc2)ccc1N1CCCC1. The third-order valence-corrected chi connectivity index (χ3v) is 4.77. The molecule has 1 aliphatic rings. The van der Waals surface area contributed by atoms with Crippen LogP contribution in [0.3, 0.4) is 0 Å². The first-order valence-electron chi connectivity index (χ1n) is 7.11. The minimum atomic E-state index is -4.30. The van der Waals surface area contributed by atoms with Crippen molar-refractivity contribution in [2.24, 2.45) is 0 Å². The second kappa shape index (κ2) is 5.62. The van der Waals surface area contributed by atoms with Crippen LogP contribution in [-0.4, -0.2) is 31.2 Å². The van der Waals surface area contributed by atoms with Crippen molar-refractivity contribution in [1.82, 2.24) is 0 Å². The molecule has 1 saturated heterocycles. The molecule has 0 spiro atoms. The quantitative estimate of drug-likeness (QED) is 0.851. The number of benzene rings is 2. The van der Waals surface area contributed by atoms with Crippen molar-refractivity contribution in [3.8, 4) is 16.9 Å². The maximum Gasteiger partial charge on any atom is 0.296 e. The molecule has 0 saturated carbocycles. The van der Waals surface area contributed by atoms with Crippen molar-refractivity contribution in [3.05, 3.63) is 42.5 Å². The highest BCUT2D eigenvalue weighted by molar-refractivity contribution is 7.86. The van der Waals surface area contributed by atoms with Crippen LogP contribution in [0.2, 0.25) is 0 Å². The third-order valence-electron chi connectivity index (χ3n) is 3.89. The fourth-order valence-electron chi connectivity index (χ4n) is 2.77. The summed E-state index contributed by atoms with van der Waals surface area (Å²) in [5.74, 6) is 0.146. The van der Waals surface area contributed by atoms with Gasteiger partial charge in [-0.25, -0.2) is 0 Å². The van der Waals surface area contributed by atoms with Gasteiger partial charge in [-0.15, -0.1) is 0 Å². The second-order valence-electron chi connectivity index (χ2n) is 5.40. The van der Waals surface area contributed by atoms with Crippen LogP contribution in [0.25, 0.3) is 11.1 Å². The highest BCUT2D eigenvalue weighted by Crippen LogP contribution is 2.33. The van der Waals surface area contributed by atoms with E-state index < -0.39 is 10.1 Å². The molecule has 0 aromatic heterocycles. The van der Waals surface area contributed by atoms with Gasteiger partial charge in [0.2, 0.25) is 0 Å². The normalized spacial score (nSPS) is 15.2. The zero-order chi connectivity index (χ0) is 15.7. The molecule has 5 nitrogen and oxygen atoms in total. The van der Waals surface area contributed by atoms with E-state index in [1.54, 1.807) is 18.2 Å². The molecular formula is C16H17NO4S. The van der Waals surface area contributed by atoms with Crippen molar-refractivity contribution in [2.45, 2.75) is 17.7 Å². The summed E-state index contributed by atoms with van der Waals surface area (Å²) in [7, 11) is -4.30. The Kier molecular flexibility index (Phi) is 3.80. The molecule has 0 aliphatic carbocycles. The Morgan fingerprint density at radius 1 is 0.909 bits per heavy atom. The van der Waals surface area contributed by atoms with Crippen LogP contribution in [0.1, 0.15) is 12.8 Å². The first-order chi connectivity index (χ1) is 10.4.